The molecular weight excluding hydrogens is 248 g/mol. The van der Waals surface area contributed by atoms with Gasteiger partial charge in [-0.15, -0.1) is 0 Å². The van der Waals surface area contributed by atoms with E-state index < -0.39 is 5.60 Å². The zero-order valence-corrected chi connectivity index (χ0v) is 11.2. The molecule has 98 valence electrons. The number of hydrogen-bond donors (Lipinski definition) is 2. The van der Waals surface area contributed by atoms with Crippen molar-refractivity contribution in [1.29, 1.82) is 0 Å². The molecule has 1 aromatic rings. The van der Waals surface area contributed by atoms with Gasteiger partial charge in [-0.1, -0.05) is 23.7 Å². The lowest BCUT2D eigenvalue weighted by Crippen LogP contribution is -2.58. The average molecular weight is 267 g/mol. The van der Waals surface area contributed by atoms with Gasteiger partial charge in [0.05, 0.1) is 0 Å². The van der Waals surface area contributed by atoms with Crippen LogP contribution in [0, 0.1) is 0 Å². The van der Waals surface area contributed by atoms with Crippen molar-refractivity contribution in [3.05, 3.63) is 34.9 Å². The highest BCUT2D eigenvalue weighted by Gasteiger charge is 2.39. The largest absolute Gasteiger partial charge is 0.384 e. The van der Waals surface area contributed by atoms with Crippen LogP contribution in [0.4, 0.5) is 0 Å². The SMILES string of the molecule is O[C@@]1(c2ccc(Cl)cc2)CC[C@H]2CNCCN2C1. The highest BCUT2D eigenvalue weighted by molar-refractivity contribution is 6.30. The van der Waals surface area contributed by atoms with Crippen LogP contribution in [0.15, 0.2) is 24.3 Å². The summed E-state index contributed by atoms with van der Waals surface area (Å²) >= 11 is 5.91. The first-order valence-corrected chi connectivity index (χ1v) is 6.98. The number of fused-ring (bicyclic) bond motifs is 1. The summed E-state index contributed by atoms with van der Waals surface area (Å²) in [6.07, 6.45) is 1.88. The van der Waals surface area contributed by atoms with E-state index in [9.17, 15) is 5.11 Å². The van der Waals surface area contributed by atoms with Gasteiger partial charge in [0.1, 0.15) is 5.60 Å². The Balaban J connectivity index is 1.80. The van der Waals surface area contributed by atoms with Gasteiger partial charge in [-0.2, -0.15) is 0 Å². The molecule has 3 rings (SSSR count). The van der Waals surface area contributed by atoms with Crippen molar-refractivity contribution in [3.63, 3.8) is 0 Å². The fraction of sp³-hybridized carbons (Fsp3) is 0.571. The highest BCUT2D eigenvalue weighted by atomic mass is 35.5. The molecule has 2 aliphatic rings. The number of hydrogen-bond acceptors (Lipinski definition) is 3. The Kier molecular flexibility index (Phi) is 3.32. The molecule has 0 unspecified atom stereocenters. The van der Waals surface area contributed by atoms with Crippen molar-refractivity contribution in [3.8, 4) is 0 Å². The Morgan fingerprint density at radius 2 is 2.11 bits per heavy atom. The molecule has 2 saturated heterocycles. The average Bonchev–Trinajstić information content (AvgIpc) is 2.39. The molecule has 0 radical (unpaired) electrons. The predicted octanol–water partition coefficient (Wildman–Crippen LogP) is 1.60. The second-order valence-electron chi connectivity index (χ2n) is 5.41. The Hall–Kier alpha value is -0.610. The smallest absolute Gasteiger partial charge is 0.102 e. The molecule has 2 atom stereocenters. The molecule has 0 amide bonds. The van der Waals surface area contributed by atoms with E-state index in [-0.39, 0.29) is 0 Å². The summed E-state index contributed by atoms with van der Waals surface area (Å²) in [6.45, 7) is 3.84. The van der Waals surface area contributed by atoms with E-state index in [0.29, 0.717) is 6.04 Å². The van der Waals surface area contributed by atoms with E-state index in [1.165, 1.54) is 0 Å². The Morgan fingerprint density at radius 1 is 1.33 bits per heavy atom. The van der Waals surface area contributed by atoms with E-state index in [4.69, 9.17) is 11.6 Å². The third kappa shape index (κ3) is 2.28. The molecular formula is C14H19ClN2O. The summed E-state index contributed by atoms with van der Waals surface area (Å²) in [7, 11) is 0. The predicted molar refractivity (Wildman–Crippen MR) is 72.8 cm³/mol. The Labute approximate surface area is 113 Å². The molecule has 0 aliphatic carbocycles. The minimum atomic E-state index is -0.710. The summed E-state index contributed by atoms with van der Waals surface area (Å²) in [5, 5.41) is 15.0. The number of nitrogens with zero attached hydrogens (tertiary/aromatic N) is 1. The molecule has 2 aliphatic heterocycles. The van der Waals surface area contributed by atoms with E-state index in [0.717, 1.165) is 49.6 Å². The minimum absolute atomic E-state index is 0.589. The van der Waals surface area contributed by atoms with Gasteiger partial charge in [-0.3, -0.25) is 4.90 Å². The third-order valence-corrected chi connectivity index (χ3v) is 4.46. The summed E-state index contributed by atoms with van der Waals surface area (Å²) in [5.74, 6) is 0. The summed E-state index contributed by atoms with van der Waals surface area (Å²) < 4.78 is 0. The lowest BCUT2D eigenvalue weighted by atomic mass is 9.82. The number of aliphatic hydroxyl groups is 1. The monoisotopic (exact) mass is 266 g/mol. The molecule has 0 aromatic heterocycles. The van der Waals surface area contributed by atoms with Crippen LogP contribution in [0.1, 0.15) is 18.4 Å². The Bertz CT molecular complexity index is 422. The molecule has 4 heteroatoms. The van der Waals surface area contributed by atoms with E-state index in [1.54, 1.807) is 0 Å². The minimum Gasteiger partial charge on any atom is -0.384 e. The molecule has 2 fully saturated rings. The van der Waals surface area contributed by atoms with Gasteiger partial charge in [0.25, 0.3) is 0 Å². The van der Waals surface area contributed by atoms with Gasteiger partial charge in [-0.05, 0) is 30.5 Å². The van der Waals surface area contributed by atoms with Crippen LogP contribution in [-0.2, 0) is 5.60 Å². The van der Waals surface area contributed by atoms with E-state index in [1.807, 2.05) is 24.3 Å². The van der Waals surface area contributed by atoms with Gasteiger partial charge in [-0.25, -0.2) is 0 Å². The fourth-order valence-electron chi connectivity index (χ4n) is 3.11. The second kappa shape index (κ2) is 4.82. The fourth-order valence-corrected chi connectivity index (χ4v) is 3.24. The van der Waals surface area contributed by atoms with Crippen molar-refractivity contribution in [2.75, 3.05) is 26.2 Å². The van der Waals surface area contributed by atoms with Crippen LogP contribution >= 0.6 is 11.6 Å². The van der Waals surface area contributed by atoms with E-state index in [2.05, 4.69) is 10.2 Å². The van der Waals surface area contributed by atoms with Crippen molar-refractivity contribution in [1.82, 2.24) is 10.2 Å². The van der Waals surface area contributed by atoms with Crippen LogP contribution in [0.3, 0.4) is 0 Å². The van der Waals surface area contributed by atoms with Gasteiger partial charge in [0, 0.05) is 37.2 Å². The van der Waals surface area contributed by atoms with Gasteiger partial charge in [0.2, 0.25) is 0 Å². The number of benzene rings is 1. The molecule has 18 heavy (non-hydrogen) atoms. The lowest BCUT2D eigenvalue weighted by Gasteiger charge is -2.46. The maximum atomic E-state index is 10.9. The topological polar surface area (TPSA) is 35.5 Å². The standard InChI is InChI=1S/C14H19ClN2O/c15-12-3-1-11(2-4-12)14(18)6-5-13-9-16-7-8-17(13)10-14/h1-4,13,16,18H,5-10H2/t13-,14-/m0/s1. The van der Waals surface area contributed by atoms with Crippen molar-refractivity contribution < 1.29 is 5.11 Å². The van der Waals surface area contributed by atoms with Crippen LogP contribution in [0.25, 0.3) is 0 Å². The Morgan fingerprint density at radius 3 is 2.89 bits per heavy atom. The second-order valence-corrected chi connectivity index (χ2v) is 5.84. The molecule has 0 saturated carbocycles. The first-order valence-electron chi connectivity index (χ1n) is 6.61. The zero-order valence-electron chi connectivity index (χ0n) is 10.4. The molecule has 1 aromatic carbocycles. The van der Waals surface area contributed by atoms with Crippen LogP contribution in [0.2, 0.25) is 5.02 Å². The molecule has 2 heterocycles. The molecule has 2 N–H and O–H groups in total. The molecule has 0 spiro atoms. The molecule has 3 nitrogen and oxygen atoms in total. The van der Waals surface area contributed by atoms with Gasteiger partial charge in [0.15, 0.2) is 0 Å². The van der Waals surface area contributed by atoms with Crippen molar-refractivity contribution in [2.45, 2.75) is 24.5 Å². The lowest BCUT2D eigenvalue weighted by molar-refractivity contribution is -0.0624. The number of rotatable bonds is 1. The van der Waals surface area contributed by atoms with Crippen LogP contribution in [-0.4, -0.2) is 42.2 Å². The summed E-state index contributed by atoms with van der Waals surface area (Å²) in [5.41, 5.74) is 0.280. The normalized spacial score (nSPS) is 33.1. The maximum absolute atomic E-state index is 10.9. The number of halogens is 1. The van der Waals surface area contributed by atoms with Crippen LogP contribution < -0.4 is 5.32 Å². The van der Waals surface area contributed by atoms with Crippen molar-refractivity contribution >= 4 is 11.6 Å². The number of piperazine rings is 1. The first-order chi connectivity index (χ1) is 8.67. The molecule has 0 bridgehead atoms. The highest BCUT2D eigenvalue weighted by Crippen LogP contribution is 2.34. The van der Waals surface area contributed by atoms with Crippen molar-refractivity contribution in [2.24, 2.45) is 0 Å². The third-order valence-electron chi connectivity index (χ3n) is 4.21. The number of nitrogens with one attached hydrogen (secondary N) is 1. The first kappa shape index (κ1) is 12.4. The zero-order chi connectivity index (χ0) is 12.6. The van der Waals surface area contributed by atoms with E-state index >= 15 is 0 Å². The maximum Gasteiger partial charge on any atom is 0.102 e. The number of piperidine rings is 1. The summed E-state index contributed by atoms with van der Waals surface area (Å²) in [4.78, 5) is 2.41. The van der Waals surface area contributed by atoms with Gasteiger partial charge < -0.3 is 10.4 Å². The quantitative estimate of drug-likeness (QED) is 0.811. The van der Waals surface area contributed by atoms with Crippen LogP contribution in [0.5, 0.6) is 0 Å². The van der Waals surface area contributed by atoms with Gasteiger partial charge >= 0.3 is 0 Å². The summed E-state index contributed by atoms with van der Waals surface area (Å²) in [6, 6.07) is 8.21.